The highest BCUT2D eigenvalue weighted by molar-refractivity contribution is 9.14. The van der Waals surface area contributed by atoms with Gasteiger partial charge in [0.2, 0.25) is 18.1 Å². The predicted molar refractivity (Wildman–Crippen MR) is 289 cm³/mol. The molecule has 2 aliphatic heterocycles. The lowest BCUT2D eigenvalue weighted by atomic mass is 9.99. The highest BCUT2D eigenvalue weighted by atomic mass is 79.9. The fourth-order valence-electron chi connectivity index (χ4n) is 8.81. The number of hydrogen-bond acceptors (Lipinski definition) is 16. The van der Waals surface area contributed by atoms with Crippen LogP contribution >= 0.6 is 43.5 Å². The number of halogens is 3. The Bertz CT molecular complexity index is 2710. The lowest BCUT2D eigenvalue weighted by Gasteiger charge is -2.39. The Labute approximate surface area is 461 Å². The summed E-state index contributed by atoms with van der Waals surface area (Å²) in [7, 11) is 1.63. The van der Waals surface area contributed by atoms with Crippen LogP contribution in [-0.2, 0) is 49.5 Å². The quantitative estimate of drug-likeness (QED) is 0.0153. The van der Waals surface area contributed by atoms with Gasteiger partial charge < -0.3 is 69.3 Å². The molecule has 3 heterocycles. The number of hydrogen-bond donors (Lipinski definition) is 7. The van der Waals surface area contributed by atoms with Gasteiger partial charge in [-0.3, -0.25) is 24.1 Å². The first-order valence-corrected chi connectivity index (χ1v) is 27.0. The molecule has 21 nitrogen and oxygen atoms in total. The number of aliphatic hydroxyl groups excluding tert-OH is 3. The number of rotatable bonds is 30. The number of anilines is 2. The number of amides is 4. The summed E-state index contributed by atoms with van der Waals surface area (Å²) in [6.07, 6.45) is -7.74. The van der Waals surface area contributed by atoms with Gasteiger partial charge in [-0.05, 0) is 120 Å². The van der Waals surface area contributed by atoms with E-state index in [2.05, 4.69) is 68.6 Å². The largest absolute Gasteiger partial charge is 0.497 e. The molecule has 0 aliphatic carbocycles. The number of carboxylic acid groups (broad SMARTS) is 1. The van der Waals surface area contributed by atoms with E-state index in [-0.39, 0.29) is 97.9 Å². The molecule has 1 aromatic heterocycles. The van der Waals surface area contributed by atoms with Crippen LogP contribution in [0.3, 0.4) is 0 Å². The zero-order valence-corrected chi connectivity index (χ0v) is 46.7. The molecular formula is C52H66Br2ClN6O15+. The first kappa shape index (κ1) is 60.2. The molecule has 2 aliphatic rings. The maximum atomic E-state index is 13.5. The molecular weight excluding hydrogens is 1140 g/mol. The first-order valence-electron chi connectivity index (χ1n) is 25.0. The van der Waals surface area contributed by atoms with E-state index in [1.807, 2.05) is 36.4 Å². The minimum atomic E-state index is -1.93. The van der Waals surface area contributed by atoms with Crippen molar-refractivity contribution in [1.82, 2.24) is 15.2 Å². The summed E-state index contributed by atoms with van der Waals surface area (Å²) in [4.78, 5) is 68.0. The Morgan fingerprint density at radius 1 is 0.829 bits per heavy atom. The highest BCUT2D eigenvalue weighted by Crippen LogP contribution is 2.36. The molecule has 3 aromatic carbocycles. The van der Waals surface area contributed by atoms with Crippen molar-refractivity contribution in [2.24, 2.45) is 0 Å². The fraction of sp³-hybridized carbons (Fsp3) is 0.500. The molecule has 24 heteroatoms. The van der Waals surface area contributed by atoms with Crippen LogP contribution in [0, 0.1) is 0 Å². The number of imide groups is 1. The topological polar surface area (TPSA) is 274 Å². The van der Waals surface area contributed by atoms with Crippen molar-refractivity contribution >= 4 is 106 Å². The molecule has 1 fully saturated rings. The molecule has 0 bridgehead atoms. The van der Waals surface area contributed by atoms with Crippen molar-refractivity contribution in [3.8, 4) is 11.5 Å². The van der Waals surface area contributed by atoms with E-state index >= 15 is 0 Å². The van der Waals surface area contributed by atoms with Crippen LogP contribution in [0.1, 0.15) is 52.0 Å². The molecule has 4 aromatic rings. The zero-order valence-electron chi connectivity index (χ0n) is 42.7. The minimum absolute atomic E-state index is 0.00125. The average Bonchev–Trinajstić information content (AvgIpc) is 3.60. The number of nitrogens with one attached hydrogen (secondary N) is 3. The number of aromatic nitrogens is 1. The van der Waals surface area contributed by atoms with Gasteiger partial charge in [0.1, 0.15) is 45.3 Å². The number of quaternary nitrogens is 1. The van der Waals surface area contributed by atoms with E-state index in [4.69, 9.17) is 45.0 Å². The Kier molecular flexibility index (Phi) is 22.6. The van der Waals surface area contributed by atoms with Crippen LogP contribution in [-0.4, -0.2) is 181 Å². The van der Waals surface area contributed by atoms with Crippen molar-refractivity contribution in [2.75, 3.05) is 90.1 Å². The summed E-state index contributed by atoms with van der Waals surface area (Å²) in [5.41, 5.74) is 3.54. The Morgan fingerprint density at radius 3 is 2.18 bits per heavy atom. The van der Waals surface area contributed by atoms with Gasteiger partial charge >= 0.3 is 5.97 Å². The molecule has 76 heavy (non-hydrogen) atoms. The number of carbonyl (C=O) groups excluding carboxylic acids is 4. The number of methoxy groups -OCH3 is 1. The summed E-state index contributed by atoms with van der Waals surface area (Å²) < 4.78 is 34.3. The lowest BCUT2D eigenvalue weighted by Crippen LogP contribution is -2.61. The van der Waals surface area contributed by atoms with Gasteiger partial charge in [0, 0.05) is 46.8 Å². The van der Waals surface area contributed by atoms with E-state index in [1.165, 1.54) is 0 Å². The van der Waals surface area contributed by atoms with Gasteiger partial charge in [0.25, 0.3) is 11.8 Å². The number of carbonyl (C=O) groups is 5. The van der Waals surface area contributed by atoms with Crippen LogP contribution in [0.25, 0.3) is 21.8 Å². The second-order valence-electron chi connectivity index (χ2n) is 18.4. The van der Waals surface area contributed by atoms with Gasteiger partial charge in [-0.25, -0.2) is 9.78 Å². The molecule has 6 atom stereocenters. The fourth-order valence-corrected chi connectivity index (χ4v) is 9.74. The van der Waals surface area contributed by atoms with E-state index in [0.29, 0.717) is 16.1 Å². The Balaban J connectivity index is 1.01. The van der Waals surface area contributed by atoms with Crippen molar-refractivity contribution < 1.29 is 77.3 Å². The maximum absolute atomic E-state index is 13.5. The van der Waals surface area contributed by atoms with Gasteiger partial charge in [-0.2, -0.15) is 0 Å². The Morgan fingerprint density at radius 2 is 1.51 bits per heavy atom. The standard InChI is InChI=1S/C52H65Br2ClN6O15/c1-5-61(6-2,19-7-8-30(3)57-44-34-12-10-32(55)27-37(34)58-36-13-11-33(71-4)28-35(36)44)29-31-9-14-39(75-52-47(66)45(64)46(65)48(76-52)51(69)70)38(26-31)59-41(63)15-17-56-40(62)16-20-72-22-24-74-25-23-73-21-18-60-49(67)42(53)43(54)50(60)68/h9-14,26-28,30,45-48,52,64-66H,5-8,15-25,29H2,1-4H3,(H3-,56,57,58,59,62,63,69,70)/p+1/t30?,45-,46-,47+,48-,52+/m0/s1. The predicted octanol–water partition coefficient (Wildman–Crippen LogP) is 5.21. The second kappa shape index (κ2) is 28.5. The molecule has 1 unspecified atom stereocenters. The summed E-state index contributed by atoms with van der Waals surface area (Å²) in [5.74, 6) is -2.57. The Hall–Kier alpha value is -5.05. The first-order chi connectivity index (χ1) is 36.4. The van der Waals surface area contributed by atoms with Crippen LogP contribution in [0.15, 0.2) is 63.6 Å². The highest BCUT2D eigenvalue weighted by Gasteiger charge is 2.48. The van der Waals surface area contributed by atoms with Gasteiger partial charge in [0.15, 0.2) is 6.10 Å². The zero-order chi connectivity index (χ0) is 55.1. The molecule has 414 valence electrons. The SMILES string of the molecule is CC[N+](CC)(CCCC(C)Nc1c2ccc(Cl)cc2nc2ccc(OC)cc12)Cc1ccc(O[C@@H]2O[C@H](C(=O)O)[C@@H](O)[C@H](O)[C@H]2O)c(NC(=O)CCNC(=O)CCOCCOCCOCCN2C(=O)C(Br)=C(Br)C2=O)c1. The van der Waals surface area contributed by atoms with Crippen LogP contribution in [0.5, 0.6) is 11.5 Å². The molecule has 0 spiro atoms. The molecule has 0 radical (unpaired) electrons. The van der Waals surface area contributed by atoms with Crippen LogP contribution in [0.2, 0.25) is 5.02 Å². The summed E-state index contributed by atoms with van der Waals surface area (Å²) in [5, 5.41) is 52.9. The third-order valence-electron chi connectivity index (χ3n) is 13.2. The van der Waals surface area contributed by atoms with Gasteiger partial charge in [-0.15, -0.1) is 0 Å². The number of benzene rings is 3. The van der Waals surface area contributed by atoms with E-state index < -0.39 is 54.4 Å². The minimum Gasteiger partial charge on any atom is -0.497 e. The summed E-state index contributed by atoms with van der Waals surface area (Å²) >= 11 is 12.5. The third-order valence-corrected chi connectivity index (χ3v) is 15.5. The number of fused-ring (bicyclic) bond motifs is 2. The second-order valence-corrected chi connectivity index (χ2v) is 20.4. The van der Waals surface area contributed by atoms with Crippen molar-refractivity contribution in [3.05, 3.63) is 74.1 Å². The number of aliphatic carboxylic acids is 1. The van der Waals surface area contributed by atoms with E-state index in [0.717, 1.165) is 76.2 Å². The monoisotopic (exact) mass is 1210 g/mol. The number of pyridine rings is 1. The molecule has 6 rings (SSSR count). The number of carboxylic acids is 1. The van der Waals surface area contributed by atoms with Gasteiger partial charge in [0.05, 0.1) is 95.3 Å². The molecule has 0 saturated carbocycles. The van der Waals surface area contributed by atoms with Crippen LogP contribution < -0.4 is 25.4 Å². The summed E-state index contributed by atoms with van der Waals surface area (Å²) in [6.45, 7) is 10.6. The maximum Gasteiger partial charge on any atom is 0.335 e. The smallest absolute Gasteiger partial charge is 0.335 e. The molecule has 1 saturated heterocycles. The lowest BCUT2D eigenvalue weighted by molar-refractivity contribution is -0.938. The molecule has 4 amide bonds. The molecule has 7 N–H and O–H groups in total. The summed E-state index contributed by atoms with van der Waals surface area (Å²) in [6, 6.07) is 16.6. The van der Waals surface area contributed by atoms with Crippen molar-refractivity contribution in [1.29, 1.82) is 0 Å². The number of aliphatic hydroxyl groups is 3. The average molecular weight is 1210 g/mol. The van der Waals surface area contributed by atoms with Crippen LogP contribution in [0.4, 0.5) is 11.4 Å². The third kappa shape index (κ3) is 15.8. The number of nitrogens with zero attached hydrogens (tertiary/aromatic N) is 3. The normalized spacial score (nSPS) is 19.3. The van der Waals surface area contributed by atoms with Crippen molar-refractivity contribution in [2.45, 2.75) is 89.7 Å². The number of ether oxygens (including phenoxy) is 6. The van der Waals surface area contributed by atoms with Crippen molar-refractivity contribution in [3.63, 3.8) is 0 Å². The van der Waals surface area contributed by atoms with Gasteiger partial charge in [-0.1, -0.05) is 11.6 Å². The van der Waals surface area contributed by atoms with E-state index in [9.17, 15) is 44.4 Å². The van der Waals surface area contributed by atoms with E-state index in [1.54, 1.807) is 25.3 Å².